The summed E-state index contributed by atoms with van der Waals surface area (Å²) in [6, 6.07) is 5.13. The molecule has 0 atom stereocenters. The molecule has 0 spiro atoms. The molecule has 3 nitrogen and oxygen atoms in total. The van der Waals surface area contributed by atoms with Crippen molar-refractivity contribution in [2.75, 3.05) is 7.11 Å². The number of aromatic nitrogens is 1. The molecule has 1 rings (SSSR count). The maximum absolute atomic E-state index is 10.3. The van der Waals surface area contributed by atoms with Gasteiger partial charge >= 0.3 is 0 Å². The molecule has 0 aliphatic heterocycles. The Hall–Kier alpha value is -1.09. The van der Waals surface area contributed by atoms with Gasteiger partial charge in [-0.3, -0.25) is 0 Å². The Kier molecular flexibility index (Phi) is 2.23. The molecule has 0 aliphatic rings. The lowest BCUT2D eigenvalue weighted by atomic mass is 10.4. The van der Waals surface area contributed by atoms with Crippen LogP contribution in [0, 0.1) is 0 Å². The largest absolute Gasteiger partial charge is 0.481 e. The molecule has 0 saturated carbocycles. The Morgan fingerprint density at radius 3 is 3.00 bits per heavy atom. The molecule has 1 aromatic heterocycles. The maximum Gasteiger partial charge on any atom is 0.213 e. The van der Waals surface area contributed by atoms with Crippen LogP contribution in [0.1, 0.15) is 5.69 Å². The van der Waals surface area contributed by atoms with Crippen LogP contribution in [0.5, 0.6) is 5.88 Å². The summed E-state index contributed by atoms with van der Waals surface area (Å²) in [4.78, 5) is 3.88. The highest BCUT2D eigenvalue weighted by molar-refractivity contribution is 5.14. The van der Waals surface area contributed by atoms with Gasteiger partial charge in [0.25, 0.3) is 0 Å². The average molecular weight is 138 g/mol. The van der Waals surface area contributed by atoms with Gasteiger partial charge in [0.2, 0.25) is 5.88 Å². The summed E-state index contributed by atoms with van der Waals surface area (Å²) in [5.74, 6) is 0.494. The fourth-order valence-corrected chi connectivity index (χ4v) is 0.652. The van der Waals surface area contributed by atoms with E-state index < -0.39 is 0 Å². The highest BCUT2D eigenvalue weighted by Gasteiger charge is 1.93. The third-order valence-electron chi connectivity index (χ3n) is 1.14. The van der Waals surface area contributed by atoms with Gasteiger partial charge < -0.3 is 4.74 Å². The van der Waals surface area contributed by atoms with Crippen LogP contribution in [0.2, 0.25) is 0 Å². The smallest absolute Gasteiger partial charge is 0.213 e. The third-order valence-corrected chi connectivity index (χ3v) is 1.14. The topological polar surface area (TPSA) is 42.0 Å². The monoisotopic (exact) mass is 138 g/mol. The predicted octanol–water partition coefficient (Wildman–Crippen LogP) is 1.02. The van der Waals surface area contributed by atoms with Gasteiger partial charge in [0.15, 0.2) is 0 Å². The molecule has 10 heavy (non-hydrogen) atoms. The predicted molar refractivity (Wildman–Crippen MR) is 35.2 cm³/mol. The average Bonchev–Trinajstić information content (AvgIpc) is 2.05. The Bertz CT molecular complexity index is 193. The van der Waals surface area contributed by atoms with Crippen LogP contribution in [0.3, 0.4) is 0 Å². The molecule has 0 amide bonds. The normalized spacial score (nSPS) is 9.40. The van der Waals surface area contributed by atoms with Crippen molar-refractivity contribution in [3.8, 4) is 5.88 Å². The number of hydrogen-bond acceptors (Lipinski definition) is 2. The van der Waals surface area contributed by atoms with Gasteiger partial charge in [-0.25, -0.2) is 10.1 Å². The zero-order valence-corrected chi connectivity index (χ0v) is 5.70. The summed E-state index contributed by atoms with van der Waals surface area (Å²) in [7, 11) is 1.52. The van der Waals surface area contributed by atoms with E-state index in [-0.39, 0.29) is 6.61 Å². The SMILES string of the molecule is COc1cccc(C[O])n1. The van der Waals surface area contributed by atoms with Gasteiger partial charge in [-0.15, -0.1) is 0 Å². The van der Waals surface area contributed by atoms with E-state index in [1.54, 1.807) is 18.2 Å². The zero-order valence-electron chi connectivity index (χ0n) is 5.70. The first-order valence-corrected chi connectivity index (χ1v) is 2.95. The van der Waals surface area contributed by atoms with Gasteiger partial charge in [-0.1, -0.05) is 6.07 Å². The molecule has 0 N–H and O–H groups in total. The Balaban J connectivity index is 2.87. The van der Waals surface area contributed by atoms with Crippen molar-refractivity contribution in [2.45, 2.75) is 6.61 Å². The molecular weight excluding hydrogens is 130 g/mol. The first kappa shape index (κ1) is 7.02. The minimum atomic E-state index is -0.294. The number of nitrogens with zero attached hydrogens (tertiary/aromatic N) is 1. The molecule has 0 fully saturated rings. The molecule has 0 unspecified atom stereocenters. The van der Waals surface area contributed by atoms with Crippen LogP contribution in [-0.2, 0) is 11.7 Å². The second kappa shape index (κ2) is 3.17. The minimum Gasteiger partial charge on any atom is -0.481 e. The highest BCUT2D eigenvalue weighted by atomic mass is 16.5. The van der Waals surface area contributed by atoms with Crippen molar-refractivity contribution in [2.24, 2.45) is 0 Å². The summed E-state index contributed by atoms with van der Waals surface area (Å²) < 4.78 is 4.81. The summed E-state index contributed by atoms with van der Waals surface area (Å²) in [6.45, 7) is -0.294. The standard InChI is InChI=1S/C7H8NO2/c1-10-7-4-2-3-6(5-9)8-7/h2-4H,5H2,1H3. The van der Waals surface area contributed by atoms with Crippen LogP contribution >= 0.6 is 0 Å². The number of pyridine rings is 1. The van der Waals surface area contributed by atoms with E-state index in [0.717, 1.165) is 0 Å². The van der Waals surface area contributed by atoms with Gasteiger partial charge in [-0.05, 0) is 6.07 Å². The zero-order chi connectivity index (χ0) is 7.40. The Morgan fingerprint density at radius 1 is 1.60 bits per heavy atom. The lowest BCUT2D eigenvalue weighted by molar-refractivity contribution is 0.173. The van der Waals surface area contributed by atoms with Crippen molar-refractivity contribution < 1.29 is 9.84 Å². The molecule has 1 heterocycles. The van der Waals surface area contributed by atoms with E-state index in [4.69, 9.17) is 4.74 Å². The Labute approximate surface area is 59.3 Å². The molecule has 0 saturated heterocycles. The molecule has 0 bridgehead atoms. The van der Waals surface area contributed by atoms with Gasteiger partial charge in [0, 0.05) is 6.07 Å². The number of hydrogen-bond donors (Lipinski definition) is 0. The fourth-order valence-electron chi connectivity index (χ4n) is 0.652. The van der Waals surface area contributed by atoms with E-state index >= 15 is 0 Å². The van der Waals surface area contributed by atoms with Crippen LogP contribution < -0.4 is 4.74 Å². The van der Waals surface area contributed by atoms with Crippen LogP contribution in [-0.4, -0.2) is 12.1 Å². The fraction of sp³-hybridized carbons (Fsp3) is 0.286. The molecule has 0 aliphatic carbocycles. The molecular formula is C7H8NO2. The van der Waals surface area contributed by atoms with Crippen molar-refractivity contribution in [1.29, 1.82) is 0 Å². The van der Waals surface area contributed by atoms with E-state index in [1.165, 1.54) is 7.11 Å². The molecule has 0 aromatic carbocycles. The first-order chi connectivity index (χ1) is 4.86. The number of rotatable bonds is 2. The second-order valence-electron chi connectivity index (χ2n) is 1.82. The minimum absolute atomic E-state index is 0.294. The van der Waals surface area contributed by atoms with E-state index in [9.17, 15) is 5.11 Å². The van der Waals surface area contributed by atoms with Crippen molar-refractivity contribution in [1.82, 2.24) is 4.98 Å². The van der Waals surface area contributed by atoms with E-state index in [0.29, 0.717) is 11.6 Å². The quantitative estimate of drug-likeness (QED) is 0.612. The van der Waals surface area contributed by atoms with Crippen molar-refractivity contribution in [3.05, 3.63) is 23.9 Å². The summed E-state index contributed by atoms with van der Waals surface area (Å²) in [6.07, 6.45) is 0. The van der Waals surface area contributed by atoms with E-state index in [2.05, 4.69) is 4.98 Å². The van der Waals surface area contributed by atoms with Gasteiger partial charge in [0.1, 0.15) is 6.61 Å². The Morgan fingerprint density at radius 2 is 2.40 bits per heavy atom. The van der Waals surface area contributed by atoms with E-state index in [1.807, 2.05) is 0 Å². The summed E-state index contributed by atoms with van der Waals surface area (Å²) >= 11 is 0. The van der Waals surface area contributed by atoms with Gasteiger partial charge in [-0.2, -0.15) is 0 Å². The molecule has 1 radical (unpaired) electrons. The first-order valence-electron chi connectivity index (χ1n) is 2.95. The second-order valence-corrected chi connectivity index (χ2v) is 1.82. The summed E-state index contributed by atoms with van der Waals surface area (Å²) in [5, 5.41) is 10.3. The van der Waals surface area contributed by atoms with Crippen LogP contribution in [0.25, 0.3) is 0 Å². The third kappa shape index (κ3) is 1.45. The van der Waals surface area contributed by atoms with Gasteiger partial charge in [0.05, 0.1) is 12.8 Å². The molecule has 53 valence electrons. The van der Waals surface area contributed by atoms with Crippen molar-refractivity contribution in [3.63, 3.8) is 0 Å². The molecule has 1 aromatic rings. The lowest BCUT2D eigenvalue weighted by Gasteiger charge is -1.97. The van der Waals surface area contributed by atoms with Crippen LogP contribution in [0.15, 0.2) is 18.2 Å². The lowest BCUT2D eigenvalue weighted by Crippen LogP contribution is -1.91. The number of methoxy groups -OCH3 is 1. The highest BCUT2D eigenvalue weighted by Crippen LogP contribution is 2.05. The number of ether oxygens (including phenoxy) is 1. The summed E-state index contributed by atoms with van der Waals surface area (Å²) in [5.41, 5.74) is 0.513. The molecule has 3 heteroatoms. The van der Waals surface area contributed by atoms with Crippen LogP contribution in [0.4, 0.5) is 0 Å². The van der Waals surface area contributed by atoms with Crippen molar-refractivity contribution >= 4 is 0 Å². The maximum atomic E-state index is 10.3.